The van der Waals surface area contributed by atoms with E-state index in [2.05, 4.69) is 13.5 Å². The predicted molar refractivity (Wildman–Crippen MR) is 135 cm³/mol. The van der Waals surface area contributed by atoms with Gasteiger partial charge in [-0.1, -0.05) is 26.0 Å². The summed E-state index contributed by atoms with van der Waals surface area (Å²) in [5.41, 5.74) is -0.0334. The molecule has 5 fully saturated rings. The minimum absolute atomic E-state index is 0.0421. The molecule has 8 nitrogen and oxygen atoms in total. The third-order valence-electron chi connectivity index (χ3n) is 13.0. The Morgan fingerprint density at radius 1 is 1.15 bits per heavy atom. The van der Waals surface area contributed by atoms with Gasteiger partial charge in [-0.2, -0.15) is 0 Å². The van der Waals surface area contributed by atoms with Gasteiger partial charge < -0.3 is 14.6 Å². The van der Waals surface area contributed by atoms with E-state index in [1.165, 1.54) is 19.6 Å². The molecule has 2 N–H and O–H groups in total. The van der Waals surface area contributed by atoms with Crippen molar-refractivity contribution in [2.45, 2.75) is 70.7 Å². The third kappa shape index (κ3) is 2.19. The van der Waals surface area contributed by atoms with Gasteiger partial charge in [0.15, 0.2) is 11.4 Å². The van der Waals surface area contributed by atoms with Gasteiger partial charge in [-0.05, 0) is 85.7 Å². The highest BCUT2D eigenvalue weighted by atomic mass is 17.1. The number of esters is 2. The average Bonchev–Trinajstić information content (AvgIpc) is 3.82. The molecule has 11 atom stereocenters. The van der Waals surface area contributed by atoms with Crippen LogP contribution in [0.1, 0.15) is 53.4 Å². The molecule has 1 spiro atoms. The molecule has 1 aliphatic heterocycles. The first-order chi connectivity index (χ1) is 18.4. The quantitative estimate of drug-likeness (QED) is 0.182. The molecule has 206 valence electrons. The SMILES string of the molecule is C=C1[C@H]2C[C@H]2[C@]2(C)[C@@H]3C[C@@]4(OO)C5=C(/C(=C(\C)C(=O)OC)C(=O)[C@H](O)[C@@]5(C)[C@@H]5C[C@@H]54)[C@@]34OC(=O)C(C)=C4C[C@@H]12. The number of ether oxygens (including phenoxy) is 2. The number of hydrogen-bond acceptors (Lipinski definition) is 8. The normalized spacial score (nSPS) is 52.9. The number of carbonyl (C=O) groups is 3. The molecule has 0 bridgehead atoms. The Balaban J connectivity index is 1.53. The number of carbonyl (C=O) groups excluding carboxylic acids is 3. The molecule has 0 aromatic carbocycles. The zero-order valence-corrected chi connectivity index (χ0v) is 22.9. The van der Waals surface area contributed by atoms with Crippen molar-refractivity contribution < 1.29 is 39.1 Å². The second-order valence-electron chi connectivity index (χ2n) is 13.9. The Morgan fingerprint density at radius 2 is 1.87 bits per heavy atom. The second kappa shape index (κ2) is 6.67. The van der Waals surface area contributed by atoms with Crippen LogP contribution in [0.3, 0.4) is 0 Å². The Hall–Kier alpha value is -2.55. The summed E-state index contributed by atoms with van der Waals surface area (Å²) in [6, 6.07) is 0. The fourth-order valence-electron chi connectivity index (χ4n) is 11.1. The summed E-state index contributed by atoms with van der Waals surface area (Å²) < 4.78 is 11.6. The topological polar surface area (TPSA) is 119 Å². The van der Waals surface area contributed by atoms with Crippen molar-refractivity contribution >= 4 is 17.7 Å². The molecule has 0 aromatic heterocycles. The number of hydrogen-bond donors (Lipinski definition) is 2. The van der Waals surface area contributed by atoms with E-state index < -0.39 is 40.4 Å². The van der Waals surface area contributed by atoms with Crippen LogP contribution >= 0.6 is 0 Å². The Labute approximate surface area is 226 Å². The standard InChI is InChI=1S/C31H34O8/c1-11-14-7-17(14)28(4)15(11)8-16-12(2)27(35)38-31(16)20(28)10-30(39-36)19-9-18(19)29(5)24(30)22(31)21(23(32)25(29)33)13(3)26(34)37-6/h14-15,17-20,25,33,36H,1,7-10H2,2-6H3/b21-13-/t14-,15+,17-,18-,19+,20+,25+,28-,29+,30+,31+/m1/s1. The highest BCUT2D eigenvalue weighted by Gasteiger charge is 2.84. The van der Waals surface area contributed by atoms with Crippen LogP contribution in [0.5, 0.6) is 0 Å². The van der Waals surface area contributed by atoms with E-state index in [0.29, 0.717) is 47.8 Å². The number of fused-ring (bicyclic) bond motifs is 7. The van der Waals surface area contributed by atoms with Crippen LogP contribution in [-0.2, 0) is 28.7 Å². The van der Waals surface area contributed by atoms with Gasteiger partial charge in [0, 0.05) is 33.6 Å². The highest BCUT2D eigenvalue weighted by Crippen LogP contribution is 2.83. The Bertz CT molecular complexity index is 1460. The van der Waals surface area contributed by atoms with Gasteiger partial charge in [0.25, 0.3) is 0 Å². The number of rotatable bonds is 2. The van der Waals surface area contributed by atoms with Crippen molar-refractivity contribution in [2.24, 2.45) is 46.3 Å². The van der Waals surface area contributed by atoms with E-state index in [1.807, 2.05) is 6.92 Å². The van der Waals surface area contributed by atoms with E-state index >= 15 is 0 Å². The molecule has 8 rings (SSSR count). The summed E-state index contributed by atoms with van der Waals surface area (Å²) >= 11 is 0. The Morgan fingerprint density at radius 3 is 2.54 bits per heavy atom. The van der Waals surface area contributed by atoms with Crippen molar-refractivity contribution in [3.63, 3.8) is 0 Å². The fraction of sp³-hybridized carbons (Fsp3) is 0.645. The summed E-state index contributed by atoms with van der Waals surface area (Å²) in [5.74, 6) is -1.26. The predicted octanol–water partition coefficient (Wildman–Crippen LogP) is 3.46. The first-order valence-electron chi connectivity index (χ1n) is 14.1. The van der Waals surface area contributed by atoms with Gasteiger partial charge in [0.2, 0.25) is 0 Å². The number of aliphatic hydroxyl groups is 1. The summed E-state index contributed by atoms with van der Waals surface area (Å²) in [4.78, 5) is 46.3. The van der Waals surface area contributed by atoms with Crippen molar-refractivity contribution in [3.8, 4) is 0 Å². The van der Waals surface area contributed by atoms with E-state index in [9.17, 15) is 24.7 Å². The van der Waals surface area contributed by atoms with Crippen LogP contribution in [-0.4, -0.2) is 52.5 Å². The highest BCUT2D eigenvalue weighted by molar-refractivity contribution is 6.12. The minimum Gasteiger partial charge on any atom is -0.466 e. The largest absolute Gasteiger partial charge is 0.466 e. The lowest BCUT2D eigenvalue weighted by Gasteiger charge is -2.62. The van der Waals surface area contributed by atoms with Crippen molar-refractivity contribution in [3.05, 3.63) is 45.6 Å². The molecule has 0 amide bonds. The summed E-state index contributed by atoms with van der Waals surface area (Å²) in [5, 5.41) is 22.4. The first kappa shape index (κ1) is 24.3. The average molecular weight is 535 g/mol. The molecule has 8 aliphatic rings. The minimum atomic E-state index is -1.43. The first-order valence-corrected chi connectivity index (χ1v) is 14.1. The molecule has 1 heterocycles. The number of methoxy groups -OCH3 is 1. The summed E-state index contributed by atoms with van der Waals surface area (Å²) in [6.45, 7) is 11.9. The van der Waals surface area contributed by atoms with Gasteiger partial charge in [-0.15, -0.1) is 0 Å². The van der Waals surface area contributed by atoms with Crippen molar-refractivity contribution in [2.75, 3.05) is 7.11 Å². The number of ketones is 1. The number of allylic oxidation sites excluding steroid dienone is 1. The lowest BCUT2D eigenvalue weighted by Crippen LogP contribution is -2.66. The molecule has 0 unspecified atom stereocenters. The number of aliphatic hydroxyl groups excluding tert-OH is 1. The van der Waals surface area contributed by atoms with Gasteiger partial charge in [-0.3, -0.25) is 10.1 Å². The maximum atomic E-state index is 14.2. The van der Waals surface area contributed by atoms with Crippen LogP contribution in [0.2, 0.25) is 0 Å². The molecule has 0 aromatic rings. The fourth-order valence-corrected chi connectivity index (χ4v) is 11.1. The molecule has 5 saturated carbocycles. The molecule has 8 heteroatoms. The van der Waals surface area contributed by atoms with E-state index in [-0.39, 0.29) is 40.2 Å². The van der Waals surface area contributed by atoms with E-state index in [4.69, 9.17) is 14.4 Å². The molecular weight excluding hydrogens is 500 g/mol. The molecule has 0 saturated heterocycles. The van der Waals surface area contributed by atoms with Gasteiger partial charge in [0.05, 0.1) is 7.11 Å². The van der Waals surface area contributed by atoms with Crippen LogP contribution in [0.25, 0.3) is 0 Å². The molecular formula is C31H34O8. The second-order valence-corrected chi connectivity index (χ2v) is 13.9. The van der Waals surface area contributed by atoms with Gasteiger partial charge >= 0.3 is 11.9 Å². The van der Waals surface area contributed by atoms with Gasteiger partial charge in [0.1, 0.15) is 11.7 Å². The lowest BCUT2D eigenvalue weighted by atomic mass is 9.43. The van der Waals surface area contributed by atoms with Crippen LogP contribution in [0, 0.1) is 46.3 Å². The molecule has 0 radical (unpaired) electrons. The molecule has 39 heavy (non-hydrogen) atoms. The maximum absolute atomic E-state index is 14.2. The van der Waals surface area contributed by atoms with Crippen molar-refractivity contribution in [1.29, 1.82) is 0 Å². The van der Waals surface area contributed by atoms with Crippen LogP contribution in [0.15, 0.2) is 45.6 Å². The smallest absolute Gasteiger partial charge is 0.335 e. The van der Waals surface area contributed by atoms with Crippen molar-refractivity contribution in [1.82, 2.24) is 0 Å². The van der Waals surface area contributed by atoms with Crippen LogP contribution in [0.4, 0.5) is 0 Å². The third-order valence-corrected chi connectivity index (χ3v) is 13.0. The lowest BCUT2D eigenvalue weighted by molar-refractivity contribution is -0.329. The monoisotopic (exact) mass is 534 g/mol. The zero-order valence-electron chi connectivity index (χ0n) is 22.9. The number of Topliss-reactive ketones (excluding diaryl/α,β-unsaturated/α-hetero) is 1. The van der Waals surface area contributed by atoms with E-state index in [1.54, 1.807) is 6.92 Å². The van der Waals surface area contributed by atoms with Gasteiger partial charge in [-0.25, -0.2) is 14.5 Å². The summed E-state index contributed by atoms with van der Waals surface area (Å²) in [7, 11) is 1.25. The molecule has 7 aliphatic carbocycles. The van der Waals surface area contributed by atoms with E-state index in [0.717, 1.165) is 12.0 Å². The Kier molecular flexibility index (Phi) is 4.15. The zero-order chi connectivity index (χ0) is 27.8. The summed E-state index contributed by atoms with van der Waals surface area (Å²) in [6.07, 6.45) is 1.30. The maximum Gasteiger partial charge on any atom is 0.335 e. The van der Waals surface area contributed by atoms with Crippen LogP contribution < -0.4 is 0 Å².